The van der Waals surface area contributed by atoms with Gasteiger partial charge in [0.2, 0.25) is 0 Å². The second-order valence-electron chi connectivity index (χ2n) is 4.31. The quantitative estimate of drug-likeness (QED) is 0.695. The summed E-state index contributed by atoms with van der Waals surface area (Å²) in [6, 6.07) is 9.17. The molecule has 2 rings (SSSR count). The van der Waals surface area contributed by atoms with Gasteiger partial charge in [0.1, 0.15) is 0 Å². The van der Waals surface area contributed by atoms with Crippen molar-refractivity contribution in [2.75, 3.05) is 14.1 Å². The number of carboxylic acid groups (broad SMARTS) is 1. The van der Waals surface area contributed by atoms with E-state index >= 15 is 0 Å². The molecule has 0 radical (unpaired) electrons. The normalized spacial score (nSPS) is 11.1. The van der Waals surface area contributed by atoms with Crippen LogP contribution >= 0.6 is 15.9 Å². The largest absolute Gasteiger partial charge is 0.478 e. The number of hydrogen-bond acceptors (Lipinski definition) is 2. The van der Waals surface area contributed by atoms with Crippen molar-refractivity contribution in [3.8, 4) is 0 Å². The molecule has 0 aromatic heterocycles. The average molecular weight is 321 g/mol. The van der Waals surface area contributed by atoms with Crippen LogP contribution in [0.1, 0.15) is 10.4 Å². The minimum Gasteiger partial charge on any atom is -0.478 e. The van der Waals surface area contributed by atoms with Crippen LogP contribution in [0.15, 0.2) is 39.8 Å². The Morgan fingerprint density at radius 2 is 1.95 bits per heavy atom. The van der Waals surface area contributed by atoms with Crippen molar-refractivity contribution < 1.29 is 9.90 Å². The smallest absolute Gasteiger partial charge is 0.337 e. The SMILES string of the molecule is CN(C)C=Nc1c(C(=O)O)cc(Br)c2ccccc12. The predicted molar refractivity (Wildman–Crippen MR) is 80.4 cm³/mol. The van der Waals surface area contributed by atoms with E-state index in [9.17, 15) is 9.90 Å². The third kappa shape index (κ3) is 2.76. The molecule has 4 nitrogen and oxygen atoms in total. The van der Waals surface area contributed by atoms with Gasteiger partial charge in [-0.1, -0.05) is 40.2 Å². The molecular weight excluding hydrogens is 308 g/mol. The first-order valence-electron chi connectivity index (χ1n) is 5.66. The Labute approximate surface area is 119 Å². The standard InChI is InChI=1S/C14H13BrN2O2/c1-17(2)8-16-13-10-6-4-3-5-9(10)12(15)7-11(13)14(18)19/h3-8H,1-2H3,(H,18,19). The Morgan fingerprint density at radius 3 is 2.53 bits per heavy atom. The zero-order valence-electron chi connectivity index (χ0n) is 10.6. The lowest BCUT2D eigenvalue weighted by Crippen LogP contribution is -2.07. The minimum absolute atomic E-state index is 0.184. The van der Waals surface area contributed by atoms with Crippen LogP contribution in [0.5, 0.6) is 0 Å². The maximum atomic E-state index is 11.4. The fraction of sp³-hybridized carbons (Fsp3) is 0.143. The van der Waals surface area contributed by atoms with Gasteiger partial charge in [-0.15, -0.1) is 0 Å². The summed E-state index contributed by atoms with van der Waals surface area (Å²) in [5.74, 6) is -0.989. The summed E-state index contributed by atoms with van der Waals surface area (Å²) >= 11 is 3.40. The molecule has 0 amide bonds. The fourth-order valence-electron chi connectivity index (χ4n) is 1.79. The molecule has 0 aliphatic rings. The number of fused-ring (bicyclic) bond motifs is 1. The van der Waals surface area contributed by atoms with Crippen molar-refractivity contribution in [1.29, 1.82) is 0 Å². The first kappa shape index (κ1) is 13.5. The third-order valence-electron chi connectivity index (χ3n) is 2.61. The molecule has 0 fully saturated rings. The molecule has 0 unspecified atom stereocenters. The highest BCUT2D eigenvalue weighted by Gasteiger charge is 2.15. The van der Waals surface area contributed by atoms with Crippen molar-refractivity contribution >= 4 is 44.7 Å². The number of carbonyl (C=O) groups is 1. The van der Waals surface area contributed by atoms with Crippen LogP contribution in [0.4, 0.5) is 5.69 Å². The number of hydrogen-bond donors (Lipinski definition) is 1. The van der Waals surface area contributed by atoms with Crippen LogP contribution in [-0.2, 0) is 0 Å². The molecule has 0 heterocycles. The number of aromatic carboxylic acids is 1. The van der Waals surface area contributed by atoms with E-state index in [0.29, 0.717) is 5.69 Å². The number of nitrogens with zero attached hydrogens (tertiary/aromatic N) is 2. The topological polar surface area (TPSA) is 52.9 Å². The molecule has 98 valence electrons. The lowest BCUT2D eigenvalue weighted by Gasteiger charge is -2.09. The number of carboxylic acids is 1. The first-order valence-corrected chi connectivity index (χ1v) is 6.45. The Bertz CT molecular complexity index is 666. The van der Waals surface area contributed by atoms with Crippen molar-refractivity contribution in [2.45, 2.75) is 0 Å². The molecule has 0 bridgehead atoms. The van der Waals surface area contributed by atoms with Crippen molar-refractivity contribution in [3.05, 3.63) is 40.4 Å². The second kappa shape index (κ2) is 5.40. The Morgan fingerprint density at radius 1 is 1.32 bits per heavy atom. The van der Waals surface area contributed by atoms with E-state index < -0.39 is 5.97 Å². The lowest BCUT2D eigenvalue weighted by atomic mass is 10.0. The maximum Gasteiger partial charge on any atom is 0.337 e. The third-order valence-corrected chi connectivity index (χ3v) is 3.27. The van der Waals surface area contributed by atoms with Crippen LogP contribution < -0.4 is 0 Å². The Balaban J connectivity index is 2.79. The van der Waals surface area contributed by atoms with Gasteiger partial charge in [0.25, 0.3) is 0 Å². The maximum absolute atomic E-state index is 11.4. The molecule has 0 spiro atoms. The Kier molecular flexibility index (Phi) is 3.85. The average Bonchev–Trinajstić information content (AvgIpc) is 2.37. The summed E-state index contributed by atoms with van der Waals surface area (Å²) in [6.45, 7) is 0. The summed E-state index contributed by atoms with van der Waals surface area (Å²) in [5.41, 5.74) is 0.656. The van der Waals surface area contributed by atoms with Gasteiger partial charge in [0, 0.05) is 24.0 Å². The van der Waals surface area contributed by atoms with E-state index in [0.717, 1.165) is 15.2 Å². The highest BCUT2D eigenvalue weighted by Crippen LogP contribution is 2.35. The molecular formula is C14H13BrN2O2. The van der Waals surface area contributed by atoms with Crippen molar-refractivity contribution in [3.63, 3.8) is 0 Å². The number of rotatable bonds is 3. The van der Waals surface area contributed by atoms with Gasteiger partial charge in [0.05, 0.1) is 17.6 Å². The molecule has 0 saturated heterocycles. The van der Waals surface area contributed by atoms with Gasteiger partial charge >= 0.3 is 5.97 Å². The number of halogens is 1. The molecule has 0 atom stereocenters. The van der Waals surface area contributed by atoms with Crippen molar-refractivity contribution in [2.24, 2.45) is 4.99 Å². The second-order valence-corrected chi connectivity index (χ2v) is 5.17. The molecule has 2 aromatic carbocycles. The minimum atomic E-state index is -0.989. The fourth-order valence-corrected chi connectivity index (χ4v) is 2.37. The van der Waals surface area contributed by atoms with Crippen LogP contribution in [0, 0.1) is 0 Å². The van der Waals surface area contributed by atoms with Crippen molar-refractivity contribution in [1.82, 2.24) is 4.90 Å². The van der Waals surface area contributed by atoms with E-state index in [1.165, 1.54) is 0 Å². The molecule has 0 saturated carbocycles. The number of benzene rings is 2. The number of aliphatic imine (C=N–C) groups is 1. The zero-order chi connectivity index (χ0) is 14.0. The van der Waals surface area contributed by atoms with Crippen LogP contribution in [0.2, 0.25) is 0 Å². The van der Waals surface area contributed by atoms with E-state index in [2.05, 4.69) is 20.9 Å². The molecule has 1 N–H and O–H groups in total. The van der Waals surface area contributed by atoms with E-state index in [1.807, 2.05) is 38.4 Å². The predicted octanol–water partition coefficient (Wildman–Crippen LogP) is 3.52. The highest BCUT2D eigenvalue weighted by atomic mass is 79.9. The summed E-state index contributed by atoms with van der Waals surface area (Å²) in [6.07, 6.45) is 1.60. The molecule has 2 aromatic rings. The zero-order valence-corrected chi connectivity index (χ0v) is 12.2. The summed E-state index contributed by atoms with van der Waals surface area (Å²) in [4.78, 5) is 17.4. The monoisotopic (exact) mass is 320 g/mol. The summed E-state index contributed by atoms with van der Waals surface area (Å²) < 4.78 is 0.754. The van der Waals surface area contributed by atoms with Gasteiger partial charge in [-0.3, -0.25) is 0 Å². The summed E-state index contributed by atoms with van der Waals surface area (Å²) in [7, 11) is 3.68. The molecule has 0 aliphatic heterocycles. The highest BCUT2D eigenvalue weighted by molar-refractivity contribution is 9.10. The van der Waals surface area contributed by atoms with Gasteiger partial charge in [0.15, 0.2) is 0 Å². The van der Waals surface area contributed by atoms with Crippen LogP contribution in [0.25, 0.3) is 10.8 Å². The molecule has 19 heavy (non-hydrogen) atoms. The molecule has 0 aliphatic carbocycles. The first-order chi connectivity index (χ1) is 9.00. The Hall–Kier alpha value is -1.88. The van der Waals surface area contributed by atoms with Crippen LogP contribution in [-0.4, -0.2) is 36.4 Å². The lowest BCUT2D eigenvalue weighted by molar-refractivity contribution is 0.0698. The van der Waals surface area contributed by atoms with Gasteiger partial charge in [-0.25, -0.2) is 9.79 Å². The van der Waals surface area contributed by atoms with Gasteiger partial charge in [-0.05, 0) is 11.5 Å². The van der Waals surface area contributed by atoms with E-state index in [4.69, 9.17) is 0 Å². The van der Waals surface area contributed by atoms with Gasteiger partial charge < -0.3 is 10.0 Å². The summed E-state index contributed by atoms with van der Waals surface area (Å²) in [5, 5.41) is 11.1. The molecule has 5 heteroatoms. The van der Waals surface area contributed by atoms with Gasteiger partial charge in [-0.2, -0.15) is 0 Å². The van der Waals surface area contributed by atoms with Crippen LogP contribution in [0.3, 0.4) is 0 Å². The van der Waals surface area contributed by atoms with E-state index in [-0.39, 0.29) is 5.56 Å². The van der Waals surface area contributed by atoms with E-state index in [1.54, 1.807) is 17.3 Å².